The quantitative estimate of drug-likeness (QED) is 0.722. The van der Waals surface area contributed by atoms with Crippen LogP contribution >= 0.6 is 0 Å². The second kappa shape index (κ2) is 9.42. The molecule has 0 bridgehead atoms. The van der Waals surface area contributed by atoms with Crippen molar-refractivity contribution in [2.75, 3.05) is 7.11 Å². The van der Waals surface area contributed by atoms with Crippen molar-refractivity contribution in [3.05, 3.63) is 59.0 Å². The zero-order chi connectivity index (χ0) is 19.8. The van der Waals surface area contributed by atoms with Crippen LogP contribution in [0, 0.1) is 0 Å². The predicted octanol–water partition coefficient (Wildman–Crippen LogP) is 2.63. The highest BCUT2D eigenvalue weighted by atomic mass is 16.5. The molecule has 1 heterocycles. The van der Waals surface area contributed by atoms with Crippen LogP contribution in [-0.2, 0) is 22.6 Å². The first-order chi connectivity index (χ1) is 12.9. The number of carbonyl (C=O) groups excluding carboxylic acids is 3. The minimum Gasteiger partial charge on any atom is -0.463 e. The van der Waals surface area contributed by atoms with Gasteiger partial charge in [-0.25, -0.2) is 14.4 Å². The minimum absolute atomic E-state index is 0.0434. The van der Waals surface area contributed by atoms with E-state index in [1.165, 1.54) is 19.2 Å². The van der Waals surface area contributed by atoms with Gasteiger partial charge in [-0.05, 0) is 43.7 Å². The lowest BCUT2D eigenvalue weighted by Gasteiger charge is -2.10. The van der Waals surface area contributed by atoms with Crippen molar-refractivity contribution in [2.45, 2.75) is 33.0 Å². The molecule has 0 radical (unpaired) electrons. The van der Waals surface area contributed by atoms with Crippen LogP contribution in [0.3, 0.4) is 0 Å². The molecular formula is C19H22N2O6. The van der Waals surface area contributed by atoms with E-state index in [0.29, 0.717) is 17.9 Å². The van der Waals surface area contributed by atoms with Gasteiger partial charge in [-0.1, -0.05) is 12.1 Å². The Morgan fingerprint density at radius 1 is 1.04 bits per heavy atom. The van der Waals surface area contributed by atoms with Gasteiger partial charge in [-0.15, -0.1) is 0 Å². The number of esters is 2. The molecule has 1 aromatic carbocycles. The Kier molecular flexibility index (Phi) is 6.99. The number of carbonyl (C=O) groups is 3. The summed E-state index contributed by atoms with van der Waals surface area (Å²) in [5.41, 5.74) is 1.21. The van der Waals surface area contributed by atoms with Crippen LogP contribution in [0.1, 0.15) is 46.1 Å². The maximum absolute atomic E-state index is 12.1. The van der Waals surface area contributed by atoms with E-state index in [1.54, 1.807) is 24.3 Å². The van der Waals surface area contributed by atoms with E-state index >= 15 is 0 Å². The Bertz CT molecular complexity index is 795. The third-order valence-electron chi connectivity index (χ3n) is 3.46. The van der Waals surface area contributed by atoms with Crippen LogP contribution in [0.5, 0.6) is 0 Å². The van der Waals surface area contributed by atoms with Crippen LogP contribution in [0.15, 0.2) is 40.8 Å². The third-order valence-corrected chi connectivity index (χ3v) is 3.46. The van der Waals surface area contributed by atoms with Crippen molar-refractivity contribution in [1.82, 2.24) is 10.6 Å². The van der Waals surface area contributed by atoms with Gasteiger partial charge in [0.2, 0.25) is 5.76 Å². The Hall–Kier alpha value is -3.29. The molecule has 0 aliphatic rings. The van der Waals surface area contributed by atoms with Crippen LogP contribution in [0.2, 0.25) is 0 Å². The molecule has 0 saturated carbocycles. The molecule has 0 fully saturated rings. The van der Waals surface area contributed by atoms with Gasteiger partial charge < -0.3 is 24.5 Å². The molecule has 0 unspecified atom stereocenters. The van der Waals surface area contributed by atoms with E-state index in [1.807, 2.05) is 13.8 Å². The van der Waals surface area contributed by atoms with Gasteiger partial charge in [-0.2, -0.15) is 0 Å². The van der Waals surface area contributed by atoms with Crippen molar-refractivity contribution in [3.8, 4) is 0 Å². The Morgan fingerprint density at radius 2 is 1.74 bits per heavy atom. The van der Waals surface area contributed by atoms with Crippen LogP contribution in [0.4, 0.5) is 4.79 Å². The molecule has 2 amide bonds. The number of benzene rings is 1. The molecule has 0 saturated heterocycles. The van der Waals surface area contributed by atoms with E-state index < -0.39 is 11.9 Å². The van der Waals surface area contributed by atoms with Gasteiger partial charge in [-0.3, -0.25) is 0 Å². The van der Waals surface area contributed by atoms with Crippen molar-refractivity contribution in [3.63, 3.8) is 0 Å². The predicted molar refractivity (Wildman–Crippen MR) is 96.1 cm³/mol. The number of hydrogen-bond acceptors (Lipinski definition) is 6. The molecule has 8 heteroatoms. The second-order valence-electron chi connectivity index (χ2n) is 6.01. The number of ether oxygens (including phenoxy) is 2. The van der Waals surface area contributed by atoms with Gasteiger partial charge in [0.25, 0.3) is 0 Å². The fourth-order valence-corrected chi connectivity index (χ4v) is 2.14. The minimum atomic E-state index is -0.598. The average molecular weight is 374 g/mol. The fourth-order valence-electron chi connectivity index (χ4n) is 2.14. The van der Waals surface area contributed by atoms with E-state index in [-0.39, 0.29) is 24.4 Å². The second-order valence-corrected chi connectivity index (χ2v) is 6.01. The molecule has 2 rings (SSSR count). The number of methoxy groups -OCH3 is 1. The van der Waals surface area contributed by atoms with E-state index in [4.69, 9.17) is 9.15 Å². The molecule has 8 nitrogen and oxygen atoms in total. The summed E-state index contributed by atoms with van der Waals surface area (Å²) >= 11 is 0. The summed E-state index contributed by atoms with van der Waals surface area (Å²) in [6.07, 6.45) is 0. The molecular weight excluding hydrogens is 352 g/mol. The first-order valence-corrected chi connectivity index (χ1v) is 8.36. The highest BCUT2D eigenvalue weighted by Gasteiger charge is 2.13. The molecule has 1 aromatic heterocycles. The fraction of sp³-hybridized carbons (Fsp3) is 0.316. The third kappa shape index (κ3) is 6.18. The largest absolute Gasteiger partial charge is 0.463 e. The first kappa shape index (κ1) is 20.0. The molecule has 27 heavy (non-hydrogen) atoms. The number of nitrogens with one attached hydrogen (secondary N) is 2. The molecule has 0 spiro atoms. The van der Waals surface area contributed by atoms with Gasteiger partial charge >= 0.3 is 18.0 Å². The van der Waals surface area contributed by atoms with Gasteiger partial charge in [0.1, 0.15) is 12.4 Å². The number of amides is 2. The SMILES string of the molecule is COC(=O)c1ccc(COC(=O)c2ccc(CNC(=O)NC(C)C)cc2)o1. The van der Waals surface area contributed by atoms with Gasteiger partial charge in [0.15, 0.2) is 0 Å². The zero-order valence-corrected chi connectivity index (χ0v) is 15.4. The highest BCUT2D eigenvalue weighted by Crippen LogP contribution is 2.12. The van der Waals surface area contributed by atoms with Crippen molar-refractivity contribution >= 4 is 18.0 Å². The molecule has 2 aromatic rings. The Morgan fingerprint density at radius 3 is 2.37 bits per heavy atom. The average Bonchev–Trinajstić information content (AvgIpc) is 3.12. The normalized spacial score (nSPS) is 10.4. The summed E-state index contributed by atoms with van der Waals surface area (Å²) in [5, 5.41) is 5.45. The topological polar surface area (TPSA) is 107 Å². The summed E-state index contributed by atoms with van der Waals surface area (Å²) in [6, 6.07) is 9.48. The van der Waals surface area contributed by atoms with E-state index in [0.717, 1.165) is 5.56 Å². The Labute approximate surface area is 156 Å². The van der Waals surface area contributed by atoms with E-state index in [9.17, 15) is 14.4 Å². The van der Waals surface area contributed by atoms with Crippen LogP contribution in [-0.4, -0.2) is 31.1 Å². The van der Waals surface area contributed by atoms with Gasteiger partial charge in [0.05, 0.1) is 12.7 Å². The van der Waals surface area contributed by atoms with Crippen LogP contribution < -0.4 is 10.6 Å². The van der Waals surface area contributed by atoms with Crippen molar-refractivity contribution in [2.24, 2.45) is 0 Å². The highest BCUT2D eigenvalue weighted by molar-refractivity contribution is 5.89. The molecule has 0 aliphatic carbocycles. The molecule has 0 atom stereocenters. The maximum atomic E-state index is 12.1. The summed E-state index contributed by atoms with van der Waals surface area (Å²) < 4.78 is 14.9. The smallest absolute Gasteiger partial charge is 0.373 e. The number of urea groups is 1. The van der Waals surface area contributed by atoms with Crippen LogP contribution in [0.25, 0.3) is 0 Å². The standard InChI is InChI=1S/C19H22N2O6/c1-12(2)21-19(24)20-10-13-4-6-14(7-5-13)17(22)26-11-15-8-9-16(27-15)18(23)25-3/h4-9,12H,10-11H2,1-3H3,(H2,20,21,24). The van der Waals surface area contributed by atoms with E-state index in [2.05, 4.69) is 15.4 Å². The first-order valence-electron chi connectivity index (χ1n) is 8.36. The Balaban J connectivity index is 1.83. The number of furan rings is 1. The molecule has 2 N–H and O–H groups in total. The monoisotopic (exact) mass is 374 g/mol. The lowest BCUT2D eigenvalue weighted by molar-refractivity contribution is 0.0438. The zero-order valence-electron chi connectivity index (χ0n) is 15.4. The number of hydrogen-bond donors (Lipinski definition) is 2. The summed E-state index contributed by atoms with van der Waals surface area (Å²) in [5.74, 6) is -0.746. The number of rotatable bonds is 7. The van der Waals surface area contributed by atoms with Gasteiger partial charge in [0, 0.05) is 12.6 Å². The summed E-state index contributed by atoms with van der Waals surface area (Å²) in [7, 11) is 1.25. The maximum Gasteiger partial charge on any atom is 0.373 e. The molecule has 0 aliphatic heterocycles. The lowest BCUT2D eigenvalue weighted by atomic mass is 10.1. The summed E-state index contributed by atoms with van der Waals surface area (Å²) in [6.45, 7) is 3.99. The van der Waals surface area contributed by atoms with Crippen molar-refractivity contribution in [1.29, 1.82) is 0 Å². The summed E-state index contributed by atoms with van der Waals surface area (Å²) in [4.78, 5) is 34.9. The lowest BCUT2D eigenvalue weighted by Crippen LogP contribution is -2.39. The molecule has 144 valence electrons. The van der Waals surface area contributed by atoms with Crippen molar-refractivity contribution < 1.29 is 28.3 Å².